The first-order valence-corrected chi connectivity index (χ1v) is 6.59. The first-order valence-electron chi connectivity index (χ1n) is 5.68. The van der Waals surface area contributed by atoms with Crippen molar-refractivity contribution in [3.8, 4) is 0 Å². The zero-order chi connectivity index (χ0) is 13.9. The number of halogens is 4. The van der Waals surface area contributed by atoms with Gasteiger partial charge in [-0.2, -0.15) is 13.2 Å². The third-order valence-corrected chi connectivity index (χ3v) is 3.57. The number of aromatic nitrogens is 1. The number of rotatable bonds is 3. The molecule has 1 nitrogen and oxygen atoms in total. The number of hydrogen-bond donors (Lipinski definition) is 0. The number of alkyl halides is 4. The Balaban J connectivity index is 2.10. The summed E-state index contributed by atoms with van der Waals surface area (Å²) in [6.45, 7) is 0. The fraction of sp³-hybridized carbons (Fsp3) is 0.214. The topological polar surface area (TPSA) is 12.9 Å². The molecule has 0 spiro atoms. The monoisotopic (exact) mass is 329 g/mol. The van der Waals surface area contributed by atoms with Gasteiger partial charge in [-0.1, -0.05) is 34.1 Å². The predicted molar refractivity (Wildman–Crippen MR) is 71.1 cm³/mol. The second kappa shape index (κ2) is 5.74. The van der Waals surface area contributed by atoms with E-state index in [4.69, 9.17) is 0 Å². The average molecular weight is 330 g/mol. The van der Waals surface area contributed by atoms with Crippen LogP contribution in [-0.2, 0) is 12.6 Å². The molecule has 1 aromatic heterocycles. The van der Waals surface area contributed by atoms with Crippen LogP contribution in [0.25, 0.3) is 0 Å². The van der Waals surface area contributed by atoms with Crippen molar-refractivity contribution >= 4 is 15.9 Å². The molecule has 2 aromatic rings. The van der Waals surface area contributed by atoms with E-state index in [0.717, 1.165) is 23.4 Å². The molecule has 0 amide bonds. The van der Waals surface area contributed by atoms with Crippen LogP contribution in [0.3, 0.4) is 0 Å². The van der Waals surface area contributed by atoms with Crippen LogP contribution in [0.5, 0.6) is 0 Å². The fourth-order valence-electron chi connectivity index (χ4n) is 1.70. The highest BCUT2D eigenvalue weighted by molar-refractivity contribution is 9.09. The van der Waals surface area contributed by atoms with Gasteiger partial charge in [-0.15, -0.1) is 0 Å². The summed E-state index contributed by atoms with van der Waals surface area (Å²) in [5, 5.41) is 0. The molecule has 0 aliphatic heterocycles. The van der Waals surface area contributed by atoms with Gasteiger partial charge in [0.2, 0.25) is 0 Å². The summed E-state index contributed by atoms with van der Waals surface area (Å²) in [5.74, 6) is 0. The Morgan fingerprint density at radius 3 is 2.26 bits per heavy atom. The van der Waals surface area contributed by atoms with Crippen molar-refractivity contribution in [2.45, 2.75) is 17.4 Å². The lowest BCUT2D eigenvalue weighted by atomic mass is 10.1. The number of benzene rings is 1. The maximum Gasteiger partial charge on any atom is 0.416 e. The van der Waals surface area contributed by atoms with Gasteiger partial charge in [0, 0.05) is 23.1 Å². The highest BCUT2D eigenvalue weighted by atomic mass is 79.9. The molecule has 0 N–H and O–H groups in total. The molecule has 1 heterocycles. The van der Waals surface area contributed by atoms with Gasteiger partial charge in [0.25, 0.3) is 0 Å². The van der Waals surface area contributed by atoms with Crippen molar-refractivity contribution in [1.29, 1.82) is 0 Å². The summed E-state index contributed by atoms with van der Waals surface area (Å²) in [6, 6.07) is 10.8. The van der Waals surface area contributed by atoms with Crippen LogP contribution in [0, 0.1) is 0 Å². The summed E-state index contributed by atoms with van der Waals surface area (Å²) in [4.78, 5) is 4.14. The predicted octanol–water partition coefficient (Wildman–Crippen LogP) is 4.78. The highest BCUT2D eigenvalue weighted by Gasteiger charge is 2.30. The Morgan fingerprint density at radius 2 is 1.74 bits per heavy atom. The van der Waals surface area contributed by atoms with Crippen molar-refractivity contribution < 1.29 is 13.2 Å². The maximum absolute atomic E-state index is 12.4. The molecule has 0 saturated carbocycles. The van der Waals surface area contributed by atoms with Crippen molar-refractivity contribution in [3.63, 3.8) is 0 Å². The van der Waals surface area contributed by atoms with E-state index in [2.05, 4.69) is 20.9 Å². The van der Waals surface area contributed by atoms with Crippen LogP contribution in [0.4, 0.5) is 13.2 Å². The van der Waals surface area contributed by atoms with Gasteiger partial charge in [-0.25, -0.2) is 0 Å². The summed E-state index contributed by atoms with van der Waals surface area (Å²) in [5.41, 5.74) is 1.07. The van der Waals surface area contributed by atoms with E-state index in [1.807, 2.05) is 18.2 Å². The molecule has 0 radical (unpaired) electrons. The molecule has 0 aliphatic carbocycles. The molecule has 0 bridgehead atoms. The van der Waals surface area contributed by atoms with Crippen molar-refractivity contribution in [2.75, 3.05) is 0 Å². The van der Waals surface area contributed by atoms with Crippen LogP contribution in [0.15, 0.2) is 48.7 Å². The lowest BCUT2D eigenvalue weighted by molar-refractivity contribution is -0.137. The standard InChI is InChI=1S/C14H11BrF3N/c15-13(9-12-3-1-2-8-19-12)10-4-6-11(7-5-10)14(16,17)18/h1-8,13H,9H2. The minimum atomic E-state index is -4.29. The van der Waals surface area contributed by atoms with Gasteiger partial charge in [0.1, 0.15) is 0 Å². The lowest BCUT2D eigenvalue weighted by Crippen LogP contribution is -2.05. The Labute approximate surface area is 117 Å². The molecular weight excluding hydrogens is 319 g/mol. The van der Waals surface area contributed by atoms with E-state index in [1.165, 1.54) is 12.1 Å². The maximum atomic E-state index is 12.4. The van der Waals surface area contributed by atoms with Gasteiger partial charge in [0.15, 0.2) is 0 Å². The summed E-state index contributed by atoms with van der Waals surface area (Å²) in [6.07, 6.45) is -1.96. The van der Waals surface area contributed by atoms with Crippen LogP contribution in [0.2, 0.25) is 0 Å². The first-order chi connectivity index (χ1) is 8.97. The number of nitrogens with zero attached hydrogens (tertiary/aromatic N) is 1. The van der Waals surface area contributed by atoms with E-state index >= 15 is 0 Å². The second-order valence-electron chi connectivity index (χ2n) is 4.11. The zero-order valence-corrected chi connectivity index (χ0v) is 11.4. The quantitative estimate of drug-likeness (QED) is 0.738. The van der Waals surface area contributed by atoms with Crippen LogP contribution >= 0.6 is 15.9 Å². The van der Waals surface area contributed by atoms with Crippen LogP contribution in [-0.4, -0.2) is 4.98 Å². The first kappa shape index (κ1) is 14.1. The van der Waals surface area contributed by atoms with Crippen molar-refractivity contribution in [3.05, 3.63) is 65.5 Å². The third-order valence-electron chi connectivity index (χ3n) is 2.71. The minimum Gasteiger partial charge on any atom is -0.261 e. The lowest BCUT2D eigenvalue weighted by Gasteiger charge is -2.12. The van der Waals surface area contributed by atoms with E-state index < -0.39 is 11.7 Å². The average Bonchev–Trinajstić information content (AvgIpc) is 2.39. The molecule has 0 saturated heterocycles. The zero-order valence-electron chi connectivity index (χ0n) is 9.86. The molecule has 2 rings (SSSR count). The second-order valence-corrected chi connectivity index (χ2v) is 5.22. The summed E-state index contributed by atoms with van der Waals surface area (Å²) in [7, 11) is 0. The van der Waals surface area contributed by atoms with Crippen LogP contribution in [0.1, 0.15) is 21.6 Å². The van der Waals surface area contributed by atoms with E-state index in [9.17, 15) is 13.2 Å². The van der Waals surface area contributed by atoms with Crippen molar-refractivity contribution in [2.24, 2.45) is 0 Å². The molecule has 0 fully saturated rings. The Morgan fingerprint density at radius 1 is 1.05 bits per heavy atom. The molecule has 0 aliphatic rings. The van der Waals surface area contributed by atoms with E-state index in [0.29, 0.717) is 6.42 Å². The minimum absolute atomic E-state index is 0.0512. The largest absolute Gasteiger partial charge is 0.416 e. The molecule has 1 unspecified atom stereocenters. The Kier molecular flexibility index (Phi) is 4.24. The SMILES string of the molecule is FC(F)(F)c1ccc(C(Br)Cc2ccccn2)cc1. The molecule has 5 heteroatoms. The molecule has 1 aromatic carbocycles. The number of hydrogen-bond acceptors (Lipinski definition) is 1. The molecule has 1 atom stereocenters. The molecule has 100 valence electrons. The summed E-state index contributed by atoms with van der Waals surface area (Å²) < 4.78 is 37.3. The van der Waals surface area contributed by atoms with E-state index in [-0.39, 0.29) is 4.83 Å². The third kappa shape index (κ3) is 3.80. The van der Waals surface area contributed by atoms with Gasteiger partial charge in [-0.3, -0.25) is 4.98 Å². The number of pyridine rings is 1. The molecular formula is C14H11BrF3N. The Bertz CT molecular complexity index is 523. The van der Waals surface area contributed by atoms with Gasteiger partial charge in [-0.05, 0) is 29.8 Å². The van der Waals surface area contributed by atoms with Crippen molar-refractivity contribution in [1.82, 2.24) is 4.98 Å². The van der Waals surface area contributed by atoms with E-state index in [1.54, 1.807) is 6.20 Å². The normalized spacial score (nSPS) is 13.3. The van der Waals surface area contributed by atoms with Crippen LogP contribution < -0.4 is 0 Å². The smallest absolute Gasteiger partial charge is 0.261 e. The summed E-state index contributed by atoms with van der Waals surface area (Å²) >= 11 is 3.48. The van der Waals surface area contributed by atoms with Gasteiger partial charge >= 0.3 is 6.18 Å². The Hall–Kier alpha value is -1.36. The van der Waals surface area contributed by atoms with Gasteiger partial charge < -0.3 is 0 Å². The fourth-order valence-corrected chi connectivity index (χ4v) is 2.34. The molecule has 19 heavy (non-hydrogen) atoms. The highest BCUT2D eigenvalue weighted by Crippen LogP contribution is 2.32. The van der Waals surface area contributed by atoms with Gasteiger partial charge in [0.05, 0.1) is 5.56 Å².